The van der Waals surface area contributed by atoms with Crippen molar-refractivity contribution in [2.75, 3.05) is 33.3 Å². The Bertz CT molecular complexity index is 150. The van der Waals surface area contributed by atoms with Gasteiger partial charge < -0.3 is 5.11 Å². The zero-order valence-corrected chi connectivity index (χ0v) is 9.03. The molecule has 1 unspecified atom stereocenters. The lowest BCUT2D eigenvalue weighted by Gasteiger charge is -2.29. The maximum atomic E-state index is 9.22. The number of aliphatic hydroxyl groups is 1. The summed E-state index contributed by atoms with van der Waals surface area (Å²) in [5.74, 6) is 0. The van der Waals surface area contributed by atoms with Gasteiger partial charge in [-0.05, 0) is 40.4 Å². The van der Waals surface area contributed by atoms with Crippen LogP contribution in [0.1, 0.15) is 20.3 Å². The molecule has 0 aromatic carbocycles. The van der Waals surface area contributed by atoms with Crippen LogP contribution in [0.5, 0.6) is 0 Å². The summed E-state index contributed by atoms with van der Waals surface area (Å²) in [7, 11) is 2.10. The second kappa shape index (κ2) is 4.94. The van der Waals surface area contributed by atoms with Gasteiger partial charge in [0.15, 0.2) is 0 Å². The Kier molecular flexibility index (Phi) is 4.16. The Hall–Kier alpha value is -0.120. The number of hydrogen-bond donors (Lipinski definition) is 1. The third kappa shape index (κ3) is 2.93. The first-order chi connectivity index (χ1) is 6.15. The van der Waals surface area contributed by atoms with Gasteiger partial charge in [-0.15, -0.1) is 0 Å². The molecule has 78 valence electrons. The van der Waals surface area contributed by atoms with E-state index in [9.17, 15) is 5.11 Å². The fraction of sp³-hybridized carbons (Fsp3) is 1.00. The van der Waals surface area contributed by atoms with E-state index in [4.69, 9.17) is 0 Å². The van der Waals surface area contributed by atoms with Gasteiger partial charge in [-0.25, -0.2) is 0 Å². The van der Waals surface area contributed by atoms with E-state index in [0.717, 1.165) is 13.1 Å². The molecule has 0 spiro atoms. The van der Waals surface area contributed by atoms with Crippen LogP contribution < -0.4 is 0 Å². The largest absolute Gasteiger partial charge is 0.395 e. The molecule has 0 amide bonds. The lowest BCUT2D eigenvalue weighted by molar-refractivity contribution is 0.121. The Morgan fingerprint density at radius 2 is 2.08 bits per heavy atom. The van der Waals surface area contributed by atoms with E-state index in [1.807, 2.05) is 0 Å². The van der Waals surface area contributed by atoms with E-state index in [1.54, 1.807) is 0 Å². The molecule has 1 rings (SSSR count). The molecule has 1 fully saturated rings. The maximum absolute atomic E-state index is 9.22. The fourth-order valence-electron chi connectivity index (χ4n) is 1.87. The average molecular weight is 186 g/mol. The molecule has 1 aliphatic rings. The van der Waals surface area contributed by atoms with Gasteiger partial charge in [0.2, 0.25) is 0 Å². The number of nitrogens with zero attached hydrogens (tertiary/aromatic N) is 2. The van der Waals surface area contributed by atoms with Crippen LogP contribution in [0, 0.1) is 0 Å². The highest BCUT2D eigenvalue weighted by Crippen LogP contribution is 2.10. The summed E-state index contributed by atoms with van der Waals surface area (Å²) in [6, 6.07) is 0.922. The first-order valence-electron chi connectivity index (χ1n) is 5.20. The summed E-state index contributed by atoms with van der Waals surface area (Å²) in [6.45, 7) is 8.00. The zero-order chi connectivity index (χ0) is 9.84. The summed E-state index contributed by atoms with van der Waals surface area (Å²) in [5, 5.41) is 9.22. The van der Waals surface area contributed by atoms with Crippen LogP contribution in [0.2, 0.25) is 0 Å². The minimum atomic E-state index is 0.278. The van der Waals surface area contributed by atoms with Crippen LogP contribution in [-0.4, -0.2) is 60.3 Å². The summed E-state index contributed by atoms with van der Waals surface area (Å²) in [4.78, 5) is 4.72. The van der Waals surface area contributed by atoms with Gasteiger partial charge in [0.05, 0.1) is 6.61 Å². The molecule has 3 heteroatoms. The van der Waals surface area contributed by atoms with Crippen molar-refractivity contribution in [1.82, 2.24) is 9.80 Å². The minimum absolute atomic E-state index is 0.278. The molecule has 0 aromatic heterocycles. The van der Waals surface area contributed by atoms with E-state index in [1.165, 1.54) is 13.0 Å². The SMILES string of the molecule is CC(C)N1CCCN(C)C(CO)C1. The topological polar surface area (TPSA) is 26.7 Å². The van der Waals surface area contributed by atoms with Crippen LogP contribution in [-0.2, 0) is 0 Å². The molecule has 1 aliphatic heterocycles. The lowest BCUT2D eigenvalue weighted by atomic mass is 10.2. The van der Waals surface area contributed by atoms with Crippen molar-refractivity contribution >= 4 is 0 Å². The van der Waals surface area contributed by atoms with Crippen molar-refractivity contribution in [2.24, 2.45) is 0 Å². The van der Waals surface area contributed by atoms with Crippen LogP contribution in [0.3, 0.4) is 0 Å². The maximum Gasteiger partial charge on any atom is 0.0599 e. The highest BCUT2D eigenvalue weighted by atomic mass is 16.3. The fourth-order valence-corrected chi connectivity index (χ4v) is 1.87. The molecule has 1 N–H and O–H groups in total. The molecule has 0 radical (unpaired) electrons. The Morgan fingerprint density at radius 1 is 1.38 bits per heavy atom. The first-order valence-corrected chi connectivity index (χ1v) is 5.20. The molecule has 3 nitrogen and oxygen atoms in total. The number of rotatable bonds is 2. The average Bonchev–Trinajstić information content (AvgIpc) is 2.27. The van der Waals surface area contributed by atoms with Crippen molar-refractivity contribution in [3.05, 3.63) is 0 Å². The van der Waals surface area contributed by atoms with Gasteiger partial charge in [-0.1, -0.05) is 0 Å². The van der Waals surface area contributed by atoms with Gasteiger partial charge in [0.1, 0.15) is 0 Å². The second-order valence-electron chi connectivity index (χ2n) is 4.26. The number of aliphatic hydroxyl groups excluding tert-OH is 1. The molecule has 0 saturated carbocycles. The van der Waals surface area contributed by atoms with Crippen molar-refractivity contribution < 1.29 is 5.11 Å². The van der Waals surface area contributed by atoms with Crippen molar-refractivity contribution in [3.8, 4) is 0 Å². The normalized spacial score (nSPS) is 27.9. The summed E-state index contributed by atoms with van der Waals surface area (Å²) >= 11 is 0. The summed E-state index contributed by atoms with van der Waals surface area (Å²) in [6.07, 6.45) is 1.21. The van der Waals surface area contributed by atoms with Crippen LogP contribution in [0.4, 0.5) is 0 Å². The molecule has 1 atom stereocenters. The first kappa shape index (κ1) is 11.0. The summed E-state index contributed by atoms with van der Waals surface area (Å²) in [5.41, 5.74) is 0. The third-order valence-corrected chi connectivity index (χ3v) is 2.97. The minimum Gasteiger partial charge on any atom is -0.395 e. The van der Waals surface area contributed by atoms with E-state index in [0.29, 0.717) is 12.1 Å². The van der Waals surface area contributed by atoms with E-state index in [-0.39, 0.29) is 6.61 Å². The summed E-state index contributed by atoms with van der Waals surface area (Å²) < 4.78 is 0. The van der Waals surface area contributed by atoms with Gasteiger partial charge in [-0.2, -0.15) is 0 Å². The number of hydrogen-bond acceptors (Lipinski definition) is 3. The van der Waals surface area contributed by atoms with E-state index in [2.05, 4.69) is 30.7 Å². The van der Waals surface area contributed by atoms with Gasteiger partial charge in [-0.3, -0.25) is 9.80 Å². The van der Waals surface area contributed by atoms with Crippen molar-refractivity contribution in [1.29, 1.82) is 0 Å². The molecule has 1 saturated heterocycles. The van der Waals surface area contributed by atoms with Crippen LogP contribution in [0.15, 0.2) is 0 Å². The quantitative estimate of drug-likeness (QED) is 0.676. The third-order valence-electron chi connectivity index (χ3n) is 2.97. The molecule has 13 heavy (non-hydrogen) atoms. The highest BCUT2D eigenvalue weighted by Gasteiger charge is 2.22. The smallest absolute Gasteiger partial charge is 0.0599 e. The molecular formula is C10H22N2O. The molecular weight excluding hydrogens is 164 g/mol. The van der Waals surface area contributed by atoms with Gasteiger partial charge in [0, 0.05) is 18.6 Å². The van der Waals surface area contributed by atoms with Gasteiger partial charge in [0.25, 0.3) is 0 Å². The number of likely N-dealkylation sites (N-methyl/N-ethyl adjacent to an activating group) is 1. The molecule has 0 aromatic rings. The molecule has 1 heterocycles. The Morgan fingerprint density at radius 3 is 2.62 bits per heavy atom. The Balaban J connectivity index is 2.53. The Labute approximate surface area is 81.3 Å². The van der Waals surface area contributed by atoms with Gasteiger partial charge >= 0.3 is 0 Å². The van der Waals surface area contributed by atoms with Crippen molar-refractivity contribution in [3.63, 3.8) is 0 Å². The lowest BCUT2D eigenvalue weighted by Crippen LogP contribution is -2.43. The predicted molar refractivity (Wildman–Crippen MR) is 54.8 cm³/mol. The van der Waals surface area contributed by atoms with Crippen molar-refractivity contribution in [2.45, 2.75) is 32.4 Å². The molecule has 0 bridgehead atoms. The van der Waals surface area contributed by atoms with E-state index >= 15 is 0 Å². The zero-order valence-electron chi connectivity index (χ0n) is 9.03. The predicted octanol–water partition coefficient (Wildman–Crippen LogP) is 0.393. The standard InChI is InChI=1S/C10H22N2O/c1-9(2)12-6-4-5-11(3)10(7-12)8-13/h9-10,13H,4-8H2,1-3H3. The van der Waals surface area contributed by atoms with Crippen LogP contribution in [0.25, 0.3) is 0 Å². The van der Waals surface area contributed by atoms with E-state index < -0.39 is 0 Å². The second-order valence-corrected chi connectivity index (χ2v) is 4.26. The monoisotopic (exact) mass is 186 g/mol. The molecule has 0 aliphatic carbocycles. The van der Waals surface area contributed by atoms with Crippen LogP contribution >= 0.6 is 0 Å². The highest BCUT2D eigenvalue weighted by molar-refractivity contribution is 4.78.